The van der Waals surface area contributed by atoms with Crippen LogP contribution in [0.2, 0.25) is 0 Å². The third-order valence-electron chi connectivity index (χ3n) is 5.30. The molecule has 8 heteroatoms. The Labute approximate surface area is 192 Å². The number of aryl methyl sites for hydroxylation is 1. The van der Waals surface area contributed by atoms with Gasteiger partial charge in [-0.3, -0.25) is 19.7 Å². The highest BCUT2D eigenvalue weighted by Crippen LogP contribution is 2.32. The van der Waals surface area contributed by atoms with Crippen LogP contribution in [0.25, 0.3) is 11.3 Å². The smallest absolute Gasteiger partial charge is 0.266 e. The van der Waals surface area contributed by atoms with Crippen molar-refractivity contribution in [3.8, 4) is 11.3 Å². The fourth-order valence-corrected chi connectivity index (χ4v) is 4.54. The summed E-state index contributed by atoms with van der Waals surface area (Å²) in [6, 6.07) is 18.9. The standard InChI is InChI=1S/C25H16FN3O3S/c1-14-21(15-9-11-17(26)12-10-15)27-25(33-14)28-22(30)16-5-4-6-18(13-16)29-23(31)19-7-2-3-8-20(19)24(29)32/h2-13H,1H3,(H,27,28,30). The number of halogens is 1. The number of nitrogens with one attached hydrogen (secondary N) is 1. The molecule has 0 fully saturated rings. The zero-order chi connectivity index (χ0) is 23.1. The second kappa shape index (κ2) is 8.07. The highest BCUT2D eigenvalue weighted by molar-refractivity contribution is 7.16. The maximum atomic E-state index is 13.2. The minimum Gasteiger partial charge on any atom is -0.298 e. The van der Waals surface area contributed by atoms with Crippen LogP contribution in [0, 0.1) is 12.7 Å². The molecule has 33 heavy (non-hydrogen) atoms. The fourth-order valence-electron chi connectivity index (χ4n) is 3.70. The number of carbonyl (C=O) groups is 3. The van der Waals surface area contributed by atoms with E-state index in [0.717, 1.165) is 15.3 Å². The SMILES string of the molecule is Cc1sc(NC(=O)c2cccc(N3C(=O)c4ccccc4C3=O)c2)nc1-c1ccc(F)cc1. The second-order valence-corrected chi connectivity index (χ2v) is 8.63. The highest BCUT2D eigenvalue weighted by Gasteiger charge is 2.36. The van der Waals surface area contributed by atoms with Gasteiger partial charge in [0.25, 0.3) is 17.7 Å². The minimum absolute atomic E-state index is 0.278. The molecule has 4 aromatic rings. The Morgan fingerprint density at radius 3 is 2.27 bits per heavy atom. The fraction of sp³-hybridized carbons (Fsp3) is 0.0400. The number of anilines is 2. The van der Waals surface area contributed by atoms with E-state index in [9.17, 15) is 18.8 Å². The molecular weight excluding hydrogens is 441 g/mol. The van der Waals surface area contributed by atoms with Crippen LogP contribution in [0.3, 0.4) is 0 Å². The average molecular weight is 457 g/mol. The molecule has 0 bridgehead atoms. The molecule has 0 saturated heterocycles. The van der Waals surface area contributed by atoms with Gasteiger partial charge in [0.05, 0.1) is 22.5 Å². The van der Waals surface area contributed by atoms with Gasteiger partial charge < -0.3 is 0 Å². The summed E-state index contributed by atoms with van der Waals surface area (Å²) in [7, 11) is 0. The van der Waals surface area contributed by atoms with Crippen molar-refractivity contribution in [1.29, 1.82) is 0 Å². The van der Waals surface area contributed by atoms with E-state index >= 15 is 0 Å². The van der Waals surface area contributed by atoms with Crippen molar-refractivity contribution in [1.82, 2.24) is 4.98 Å². The molecule has 5 rings (SSSR count). The van der Waals surface area contributed by atoms with Crippen LogP contribution in [0.15, 0.2) is 72.8 Å². The van der Waals surface area contributed by atoms with Gasteiger partial charge in [-0.25, -0.2) is 14.3 Å². The van der Waals surface area contributed by atoms with E-state index in [-0.39, 0.29) is 11.4 Å². The van der Waals surface area contributed by atoms with Gasteiger partial charge in [0, 0.05) is 16.0 Å². The molecule has 1 N–H and O–H groups in total. The number of hydrogen-bond acceptors (Lipinski definition) is 5. The monoisotopic (exact) mass is 457 g/mol. The predicted molar refractivity (Wildman–Crippen MR) is 124 cm³/mol. The van der Waals surface area contributed by atoms with Gasteiger partial charge in [-0.05, 0) is 61.5 Å². The van der Waals surface area contributed by atoms with Crippen molar-refractivity contribution in [3.05, 3.63) is 100 Å². The molecule has 0 aliphatic carbocycles. The Balaban J connectivity index is 1.39. The van der Waals surface area contributed by atoms with Gasteiger partial charge in [0.1, 0.15) is 5.82 Å². The summed E-state index contributed by atoms with van der Waals surface area (Å²) in [4.78, 5) is 44.8. The number of nitrogens with zero attached hydrogens (tertiary/aromatic N) is 2. The van der Waals surface area contributed by atoms with E-state index in [0.29, 0.717) is 27.6 Å². The molecule has 1 aromatic heterocycles. The first-order valence-electron chi connectivity index (χ1n) is 10.0. The summed E-state index contributed by atoms with van der Waals surface area (Å²) >= 11 is 1.30. The van der Waals surface area contributed by atoms with Crippen molar-refractivity contribution in [2.75, 3.05) is 10.2 Å². The lowest BCUT2D eigenvalue weighted by Gasteiger charge is -2.14. The van der Waals surface area contributed by atoms with Crippen molar-refractivity contribution < 1.29 is 18.8 Å². The lowest BCUT2D eigenvalue weighted by Crippen LogP contribution is -2.29. The van der Waals surface area contributed by atoms with E-state index in [1.807, 2.05) is 6.92 Å². The number of carbonyl (C=O) groups excluding carboxylic acids is 3. The number of amides is 3. The van der Waals surface area contributed by atoms with Gasteiger partial charge >= 0.3 is 0 Å². The molecule has 0 radical (unpaired) electrons. The molecular formula is C25H16FN3O3S. The maximum Gasteiger partial charge on any atom is 0.266 e. The van der Waals surface area contributed by atoms with Crippen molar-refractivity contribution >= 4 is 39.9 Å². The Hall–Kier alpha value is -4.17. The van der Waals surface area contributed by atoms with Gasteiger partial charge in [0.2, 0.25) is 0 Å². The largest absolute Gasteiger partial charge is 0.298 e. The third-order valence-corrected chi connectivity index (χ3v) is 6.18. The van der Waals surface area contributed by atoms with Crippen LogP contribution in [0.1, 0.15) is 36.0 Å². The average Bonchev–Trinajstić information content (AvgIpc) is 3.31. The first-order chi connectivity index (χ1) is 15.9. The third kappa shape index (κ3) is 3.70. The topological polar surface area (TPSA) is 79.4 Å². The summed E-state index contributed by atoms with van der Waals surface area (Å²) in [6.07, 6.45) is 0. The van der Waals surface area contributed by atoms with Gasteiger partial charge in [-0.15, -0.1) is 11.3 Å². The molecule has 3 aromatic carbocycles. The molecule has 0 atom stereocenters. The number of benzene rings is 3. The van der Waals surface area contributed by atoms with Crippen LogP contribution < -0.4 is 10.2 Å². The van der Waals surface area contributed by atoms with Gasteiger partial charge in [-0.1, -0.05) is 18.2 Å². The van der Waals surface area contributed by atoms with Crippen molar-refractivity contribution in [2.45, 2.75) is 6.92 Å². The molecule has 1 aliphatic rings. The Morgan fingerprint density at radius 1 is 0.939 bits per heavy atom. The van der Waals surface area contributed by atoms with Crippen LogP contribution in [-0.2, 0) is 0 Å². The maximum absolute atomic E-state index is 13.2. The number of rotatable bonds is 4. The van der Waals surface area contributed by atoms with Crippen molar-refractivity contribution in [2.24, 2.45) is 0 Å². The summed E-state index contributed by atoms with van der Waals surface area (Å²) < 4.78 is 13.2. The molecule has 0 saturated carbocycles. The Bertz CT molecular complexity index is 1390. The van der Waals surface area contributed by atoms with Crippen LogP contribution in [-0.4, -0.2) is 22.7 Å². The molecule has 1 aliphatic heterocycles. The summed E-state index contributed by atoms with van der Waals surface area (Å²) in [5, 5.41) is 3.16. The number of aromatic nitrogens is 1. The van der Waals surface area contributed by atoms with E-state index < -0.39 is 17.7 Å². The minimum atomic E-state index is -0.423. The van der Waals surface area contributed by atoms with E-state index in [2.05, 4.69) is 10.3 Å². The molecule has 3 amide bonds. The first-order valence-corrected chi connectivity index (χ1v) is 10.9. The molecule has 0 unspecified atom stereocenters. The normalized spacial score (nSPS) is 12.7. The highest BCUT2D eigenvalue weighted by atomic mass is 32.1. The van der Waals surface area contributed by atoms with E-state index in [1.54, 1.807) is 54.6 Å². The lowest BCUT2D eigenvalue weighted by molar-refractivity contribution is 0.0924. The van der Waals surface area contributed by atoms with Gasteiger partial charge in [-0.2, -0.15) is 0 Å². The first kappa shape index (κ1) is 20.7. The number of hydrogen-bond donors (Lipinski definition) is 1. The van der Waals surface area contributed by atoms with E-state index in [4.69, 9.17) is 0 Å². The molecule has 6 nitrogen and oxygen atoms in total. The number of imide groups is 1. The van der Waals surface area contributed by atoms with E-state index in [1.165, 1.54) is 29.5 Å². The van der Waals surface area contributed by atoms with Crippen molar-refractivity contribution in [3.63, 3.8) is 0 Å². The van der Waals surface area contributed by atoms with Crippen LogP contribution in [0.4, 0.5) is 15.2 Å². The predicted octanol–water partition coefficient (Wildman–Crippen LogP) is 5.31. The zero-order valence-corrected chi connectivity index (χ0v) is 18.2. The summed E-state index contributed by atoms with van der Waals surface area (Å²) in [5.41, 5.74) is 2.68. The Kier molecular flexibility index (Phi) is 5.07. The van der Waals surface area contributed by atoms with Crippen LogP contribution in [0.5, 0.6) is 0 Å². The molecule has 162 valence electrons. The lowest BCUT2D eigenvalue weighted by atomic mass is 10.1. The summed E-state index contributed by atoms with van der Waals surface area (Å²) in [6.45, 7) is 1.87. The molecule has 0 spiro atoms. The zero-order valence-electron chi connectivity index (χ0n) is 17.3. The second-order valence-electron chi connectivity index (χ2n) is 7.43. The molecule has 2 heterocycles. The number of fused-ring (bicyclic) bond motifs is 1. The van der Waals surface area contributed by atoms with Gasteiger partial charge in [0.15, 0.2) is 5.13 Å². The summed E-state index contributed by atoms with van der Waals surface area (Å²) in [5.74, 6) is -1.61. The number of thiazole rings is 1. The quantitative estimate of drug-likeness (QED) is 0.421. The Morgan fingerprint density at radius 2 is 1.61 bits per heavy atom. The van der Waals surface area contributed by atoms with Crippen LogP contribution >= 0.6 is 11.3 Å².